The number of halogens is 1. The largest absolute Gasteiger partial charge is 0.328 e. The van der Waals surface area contributed by atoms with Gasteiger partial charge in [0.1, 0.15) is 5.82 Å². The molecule has 0 aliphatic rings. The van der Waals surface area contributed by atoms with E-state index in [4.69, 9.17) is 4.98 Å². The first-order valence-electron chi connectivity index (χ1n) is 7.81. The van der Waals surface area contributed by atoms with Gasteiger partial charge in [-0.15, -0.1) is 12.4 Å². The predicted octanol–water partition coefficient (Wildman–Crippen LogP) is 5.38. The van der Waals surface area contributed by atoms with Crippen molar-refractivity contribution >= 4 is 23.4 Å². The Hall–Kier alpha value is -1.02. The highest BCUT2D eigenvalue weighted by atomic mass is 35.5. The molecule has 20 heavy (non-hydrogen) atoms. The Morgan fingerprint density at radius 1 is 0.950 bits per heavy atom. The zero-order valence-corrected chi connectivity index (χ0v) is 13.6. The fourth-order valence-electron chi connectivity index (χ4n) is 2.66. The van der Waals surface area contributed by atoms with E-state index in [9.17, 15) is 0 Å². The predicted molar refractivity (Wildman–Crippen MR) is 89.7 cm³/mol. The van der Waals surface area contributed by atoms with Gasteiger partial charge in [0.25, 0.3) is 0 Å². The van der Waals surface area contributed by atoms with Crippen molar-refractivity contribution in [3.05, 3.63) is 30.1 Å². The molecule has 1 aromatic carbocycles. The first-order chi connectivity index (χ1) is 9.36. The second kappa shape index (κ2) is 9.02. The summed E-state index contributed by atoms with van der Waals surface area (Å²) in [4.78, 5) is 4.78. The third-order valence-corrected chi connectivity index (χ3v) is 3.69. The van der Waals surface area contributed by atoms with E-state index in [1.807, 2.05) is 0 Å². The van der Waals surface area contributed by atoms with E-state index in [1.165, 1.54) is 49.9 Å². The molecule has 0 saturated carbocycles. The molecule has 0 atom stereocenters. The standard InChI is InChI=1S/C17H26N2.ClH/c1-3-5-6-7-10-14-19-16-13-9-8-12-15(16)18-17(19)11-4-2;/h8-9,12-13H,3-7,10-11,14H2,1-2H3;1H. The molecule has 2 nitrogen and oxygen atoms in total. The second-order valence-corrected chi connectivity index (χ2v) is 5.33. The fourth-order valence-corrected chi connectivity index (χ4v) is 2.66. The molecule has 0 amide bonds. The molecule has 1 heterocycles. The normalized spacial score (nSPS) is 10.7. The Kier molecular flexibility index (Phi) is 7.68. The first kappa shape index (κ1) is 17.0. The summed E-state index contributed by atoms with van der Waals surface area (Å²) >= 11 is 0. The number of para-hydroxylation sites is 2. The van der Waals surface area contributed by atoms with Crippen LogP contribution < -0.4 is 0 Å². The van der Waals surface area contributed by atoms with Crippen LogP contribution in [0.25, 0.3) is 11.0 Å². The fraction of sp³-hybridized carbons (Fsp3) is 0.588. The number of rotatable bonds is 8. The van der Waals surface area contributed by atoms with Crippen molar-refractivity contribution in [2.24, 2.45) is 0 Å². The summed E-state index contributed by atoms with van der Waals surface area (Å²) in [7, 11) is 0. The van der Waals surface area contributed by atoms with Gasteiger partial charge in [-0.3, -0.25) is 0 Å². The monoisotopic (exact) mass is 294 g/mol. The van der Waals surface area contributed by atoms with Crippen LogP contribution in [0.2, 0.25) is 0 Å². The lowest BCUT2D eigenvalue weighted by molar-refractivity contribution is 0.560. The zero-order valence-electron chi connectivity index (χ0n) is 12.8. The molecule has 0 bridgehead atoms. The van der Waals surface area contributed by atoms with Gasteiger partial charge in [-0.2, -0.15) is 0 Å². The summed E-state index contributed by atoms with van der Waals surface area (Å²) in [6, 6.07) is 8.53. The molecular formula is C17H27ClN2. The van der Waals surface area contributed by atoms with Gasteiger partial charge in [0, 0.05) is 13.0 Å². The smallest absolute Gasteiger partial charge is 0.109 e. The van der Waals surface area contributed by atoms with Crippen molar-refractivity contribution in [1.29, 1.82) is 0 Å². The quantitative estimate of drug-likeness (QED) is 0.598. The second-order valence-electron chi connectivity index (χ2n) is 5.33. The number of benzene rings is 1. The SMILES string of the molecule is CCCCCCCn1c(CCC)nc2ccccc21.Cl. The van der Waals surface area contributed by atoms with E-state index < -0.39 is 0 Å². The van der Waals surface area contributed by atoms with Crippen molar-refractivity contribution in [3.63, 3.8) is 0 Å². The van der Waals surface area contributed by atoms with Gasteiger partial charge in [-0.05, 0) is 25.0 Å². The molecule has 0 radical (unpaired) electrons. The molecule has 0 unspecified atom stereocenters. The van der Waals surface area contributed by atoms with Crippen molar-refractivity contribution in [3.8, 4) is 0 Å². The molecule has 0 saturated heterocycles. The highest BCUT2D eigenvalue weighted by molar-refractivity contribution is 5.85. The van der Waals surface area contributed by atoms with Crippen LogP contribution in [0.15, 0.2) is 24.3 Å². The number of hydrogen-bond acceptors (Lipinski definition) is 1. The summed E-state index contributed by atoms with van der Waals surface area (Å²) in [5.41, 5.74) is 2.46. The van der Waals surface area contributed by atoms with Crippen LogP contribution >= 0.6 is 12.4 Å². The minimum absolute atomic E-state index is 0. The third-order valence-electron chi connectivity index (χ3n) is 3.69. The van der Waals surface area contributed by atoms with Crippen molar-refractivity contribution in [2.45, 2.75) is 65.3 Å². The lowest BCUT2D eigenvalue weighted by Crippen LogP contribution is -2.04. The van der Waals surface area contributed by atoms with Gasteiger partial charge in [-0.1, -0.05) is 51.7 Å². The van der Waals surface area contributed by atoms with E-state index >= 15 is 0 Å². The third kappa shape index (κ3) is 4.24. The van der Waals surface area contributed by atoms with E-state index in [1.54, 1.807) is 0 Å². The Labute approximate surface area is 129 Å². The van der Waals surface area contributed by atoms with Gasteiger partial charge < -0.3 is 4.57 Å². The van der Waals surface area contributed by atoms with Crippen LogP contribution in [0.4, 0.5) is 0 Å². The number of hydrogen-bond donors (Lipinski definition) is 0. The molecule has 2 rings (SSSR count). The number of aryl methyl sites for hydroxylation is 2. The number of imidazole rings is 1. The van der Waals surface area contributed by atoms with Crippen molar-refractivity contribution in [2.75, 3.05) is 0 Å². The van der Waals surface area contributed by atoms with E-state index in [2.05, 4.69) is 42.7 Å². The average Bonchev–Trinajstić information content (AvgIpc) is 2.77. The highest BCUT2D eigenvalue weighted by Gasteiger charge is 2.08. The molecule has 0 aliphatic heterocycles. The van der Waals surface area contributed by atoms with Crippen LogP contribution in [0.1, 0.15) is 58.2 Å². The lowest BCUT2D eigenvalue weighted by atomic mass is 10.1. The maximum atomic E-state index is 4.78. The molecule has 2 aromatic rings. The molecule has 0 spiro atoms. The van der Waals surface area contributed by atoms with E-state index in [0.717, 1.165) is 18.5 Å². The van der Waals surface area contributed by atoms with Gasteiger partial charge in [0.05, 0.1) is 11.0 Å². The minimum Gasteiger partial charge on any atom is -0.328 e. The van der Waals surface area contributed by atoms with Crippen LogP contribution in [-0.2, 0) is 13.0 Å². The van der Waals surface area contributed by atoms with Gasteiger partial charge >= 0.3 is 0 Å². The number of fused-ring (bicyclic) bond motifs is 1. The molecule has 3 heteroatoms. The number of aromatic nitrogens is 2. The van der Waals surface area contributed by atoms with E-state index in [0.29, 0.717) is 0 Å². The zero-order chi connectivity index (χ0) is 13.5. The van der Waals surface area contributed by atoms with Crippen molar-refractivity contribution in [1.82, 2.24) is 9.55 Å². The minimum atomic E-state index is 0. The Morgan fingerprint density at radius 3 is 2.45 bits per heavy atom. The molecular weight excluding hydrogens is 268 g/mol. The van der Waals surface area contributed by atoms with Crippen LogP contribution in [0.5, 0.6) is 0 Å². The average molecular weight is 295 g/mol. The van der Waals surface area contributed by atoms with Crippen LogP contribution in [0.3, 0.4) is 0 Å². The molecule has 0 aliphatic carbocycles. The van der Waals surface area contributed by atoms with Crippen LogP contribution in [0, 0.1) is 0 Å². The Balaban J connectivity index is 0.00000200. The van der Waals surface area contributed by atoms with E-state index in [-0.39, 0.29) is 12.4 Å². The summed E-state index contributed by atoms with van der Waals surface area (Å²) in [5, 5.41) is 0. The Bertz CT molecular complexity index is 505. The number of unbranched alkanes of at least 4 members (excludes halogenated alkanes) is 4. The van der Waals surface area contributed by atoms with Gasteiger partial charge in [0.2, 0.25) is 0 Å². The van der Waals surface area contributed by atoms with Crippen LogP contribution in [-0.4, -0.2) is 9.55 Å². The lowest BCUT2D eigenvalue weighted by Gasteiger charge is -2.08. The summed E-state index contributed by atoms with van der Waals surface area (Å²) < 4.78 is 2.44. The number of nitrogens with zero attached hydrogens (tertiary/aromatic N) is 2. The van der Waals surface area contributed by atoms with Crippen molar-refractivity contribution < 1.29 is 0 Å². The maximum absolute atomic E-state index is 4.78. The highest BCUT2D eigenvalue weighted by Crippen LogP contribution is 2.18. The molecule has 1 aromatic heterocycles. The topological polar surface area (TPSA) is 17.8 Å². The molecule has 112 valence electrons. The molecule has 0 fully saturated rings. The van der Waals surface area contributed by atoms with Gasteiger partial charge in [-0.25, -0.2) is 4.98 Å². The molecule has 0 N–H and O–H groups in total. The summed E-state index contributed by atoms with van der Waals surface area (Å²) in [5.74, 6) is 1.26. The maximum Gasteiger partial charge on any atom is 0.109 e. The first-order valence-corrected chi connectivity index (χ1v) is 7.81. The van der Waals surface area contributed by atoms with Gasteiger partial charge in [0.15, 0.2) is 0 Å². The summed E-state index contributed by atoms with van der Waals surface area (Å²) in [6.45, 7) is 5.62. The summed E-state index contributed by atoms with van der Waals surface area (Å²) in [6.07, 6.45) is 8.92. The Morgan fingerprint density at radius 2 is 1.70 bits per heavy atom.